The van der Waals surface area contributed by atoms with E-state index in [4.69, 9.17) is 0 Å². The number of fused-ring (bicyclic) bond motifs is 2. The minimum Gasteiger partial charge on any atom is -1.00 e. The van der Waals surface area contributed by atoms with Gasteiger partial charge in [0.15, 0.2) is 0 Å². The summed E-state index contributed by atoms with van der Waals surface area (Å²) in [5.74, 6) is 0. The van der Waals surface area contributed by atoms with Crippen LogP contribution in [0.25, 0.3) is 27.4 Å². The van der Waals surface area contributed by atoms with Crippen LogP contribution in [-0.4, -0.2) is 4.57 Å². The number of rotatable bonds is 1. The molecule has 0 saturated heterocycles. The minimum absolute atomic E-state index is 0. The third-order valence-corrected chi connectivity index (χ3v) is 5.07. The van der Waals surface area contributed by atoms with Gasteiger partial charge in [-0.05, 0) is 24.7 Å². The molecule has 5 aromatic rings. The standard InChI is InChI=1S/C18H14N.C7H9.2ClH.Ti/c1-13-10-16-8-4-5-9-18(16)19(13)17-11-14-6-2-3-7-15(14)12-17;1-6-4-3-5-7(6)2;;;/h2-12H,1H3;3-5H,1-2H3;2*1H;/q2*-1;;;+4/p-2. The molecule has 0 spiro atoms. The molecule has 0 bridgehead atoms. The minimum atomic E-state index is 0. The third kappa shape index (κ3) is 5.24. The summed E-state index contributed by atoms with van der Waals surface area (Å²) in [4.78, 5) is 0. The monoisotopic (exact) mass is 455 g/mol. The Kier molecular flexibility index (Phi) is 9.46. The van der Waals surface area contributed by atoms with Crippen molar-refractivity contribution < 1.29 is 46.5 Å². The summed E-state index contributed by atoms with van der Waals surface area (Å²) in [5.41, 5.74) is 6.58. The smallest absolute Gasteiger partial charge is 1.00 e. The van der Waals surface area contributed by atoms with E-state index in [9.17, 15) is 0 Å². The Morgan fingerprint density at radius 1 is 0.793 bits per heavy atom. The topological polar surface area (TPSA) is 4.93 Å². The van der Waals surface area contributed by atoms with E-state index in [0.717, 1.165) is 0 Å². The van der Waals surface area contributed by atoms with Crippen molar-refractivity contribution in [2.24, 2.45) is 0 Å². The summed E-state index contributed by atoms with van der Waals surface area (Å²) in [7, 11) is 0. The van der Waals surface area contributed by atoms with Crippen molar-refractivity contribution in [3.63, 3.8) is 0 Å². The molecule has 1 aromatic heterocycles. The van der Waals surface area contributed by atoms with Crippen molar-refractivity contribution >= 4 is 21.7 Å². The van der Waals surface area contributed by atoms with Crippen LogP contribution in [-0.2, 0) is 21.7 Å². The summed E-state index contributed by atoms with van der Waals surface area (Å²) < 4.78 is 2.33. The van der Waals surface area contributed by atoms with Crippen LogP contribution in [0.4, 0.5) is 0 Å². The van der Waals surface area contributed by atoms with Crippen LogP contribution in [0.5, 0.6) is 0 Å². The van der Waals surface area contributed by atoms with Gasteiger partial charge < -0.3 is 29.4 Å². The first-order valence-corrected chi connectivity index (χ1v) is 9.05. The molecule has 29 heavy (non-hydrogen) atoms. The van der Waals surface area contributed by atoms with Gasteiger partial charge in [0.2, 0.25) is 0 Å². The summed E-state index contributed by atoms with van der Waals surface area (Å²) in [6, 6.07) is 30.1. The summed E-state index contributed by atoms with van der Waals surface area (Å²) in [5, 5.41) is 3.90. The number of para-hydroxylation sites is 1. The molecule has 1 heterocycles. The van der Waals surface area contributed by atoms with Crippen molar-refractivity contribution in [2.45, 2.75) is 20.8 Å². The van der Waals surface area contributed by atoms with Crippen LogP contribution in [0.1, 0.15) is 16.8 Å². The van der Waals surface area contributed by atoms with E-state index < -0.39 is 0 Å². The third-order valence-electron chi connectivity index (χ3n) is 5.07. The predicted molar refractivity (Wildman–Crippen MR) is 113 cm³/mol. The van der Waals surface area contributed by atoms with E-state index in [1.807, 2.05) is 0 Å². The maximum atomic E-state index is 2.33. The molecular formula is C25H23Cl2NTi. The summed E-state index contributed by atoms with van der Waals surface area (Å²) in [6.07, 6.45) is 0. The largest absolute Gasteiger partial charge is 4.00 e. The van der Waals surface area contributed by atoms with E-state index in [2.05, 4.69) is 110 Å². The van der Waals surface area contributed by atoms with Gasteiger partial charge in [-0.3, -0.25) is 0 Å². The second kappa shape index (κ2) is 10.9. The fraction of sp³-hybridized carbons (Fsp3) is 0.120. The first-order chi connectivity index (χ1) is 12.6. The average molecular weight is 456 g/mol. The van der Waals surface area contributed by atoms with Gasteiger partial charge in [0, 0.05) is 11.1 Å². The molecule has 0 saturated carbocycles. The van der Waals surface area contributed by atoms with E-state index in [0.29, 0.717) is 0 Å². The number of hydrogen-bond donors (Lipinski definition) is 0. The van der Waals surface area contributed by atoms with Crippen LogP contribution in [0.2, 0.25) is 0 Å². The number of benzene rings is 2. The fourth-order valence-electron chi connectivity index (χ4n) is 3.50. The van der Waals surface area contributed by atoms with Gasteiger partial charge in [-0.25, -0.2) is 12.1 Å². The van der Waals surface area contributed by atoms with Crippen molar-refractivity contribution in [1.29, 1.82) is 0 Å². The van der Waals surface area contributed by atoms with Crippen molar-refractivity contribution in [2.75, 3.05) is 0 Å². The van der Waals surface area contributed by atoms with Crippen molar-refractivity contribution in [3.05, 3.63) is 102 Å². The molecule has 0 unspecified atom stereocenters. The molecule has 5 rings (SSSR count). The average Bonchev–Trinajstić information content (AvgIpc) is 3.31. The predicted octanol–water partition coefficient (Wildman–Crippen LogP) is 0.839. The fourth-order valence-corrected chi connectivity index (χ4v) is 3.50. The van der Waals surface area contributed by atoms with Crippen LogP contribution in [0, 0.1) is 20.8 Å². The van der Waals surface area contributed by atoms with Gasteiger partial charge in [0.1, 0.15) is 0 Å². The second-order valence-corrected chi connectivity index (χ2v) is 6.91. The van der Waals surface area contributed by atoms with E-state index >= 15 is 0 Å². The van der Waals surface area contributed by atoms with Gasteiger partial charge >= 0.3 is 21.7 Å². The van der Waals surface area contributed by atoms with Gasteiger partial charge in [0.05, 0.1) is 5.52 Å². The zero-order valence-corrected chi connectivity index (χ0v) is 19.9. The number of aryl methyl sites for hydroxylation is 3. The Labute approximate surface area is 200 Å². The van der Waals surface area contributed by atoms with Crippen LogP contribution in [0.15, 0.2) is 84.9 Å². The number of nitrogens with zero attached hydrogens (tertiary/aromatic N) is 1. The normalized spacial score (nSPS) is 9.76. The molecule has 0 N–H and O–H groups in total. The molecule has 0 aliphatic heterocycles. The first kappa shape index (κ1) is 25.3. The maximum Gasteiger partial charge on any atom is 4.00 e. The second-order valence-electron chi connectivity index (χ2n) is 6.91. The Morgan fingerprint density at radius 2 is 1.45 bits per heavy atom. The van der Waals surface area contributed by atoms with E-state index in [-0.39, 0.29) is 46.5 Å². The van der Waals surface area contributed by atoms with Gasteiger partial charge in [-0.2, -0.15) is 17.2 Å². The zero-order chi connectivity index (χ0) is 18.1. The Bertz CT molecular complexity index is 1130. The first-order valence-electron chi connectivity index (χ1n) is 9.05. The molecular weight excluding hydrogens is 433 g/mol. The molecule has 4 aromatic carbocycles. The molecule has 1 nitrogen and oxygen atoms in total. The summed E-state index contributed by atoms with van der Waals surface area (Å²) in [6.45, 7) is 6.41. The van der Waals surface area contributed by atoms with Crippen LogP contribution in [0.3, 0.4) is 0 Å². The van der Waals surface area contributed by atoms with Gasteiger partial charge in [-0.1, -0.05) is 38.1 Å². The van der Waals surface area contributed by atoms with Crippen molar-refractivity contribution in [1.82, 2.24) is 4.57 Å². The molecule has 0 radical (unpaired) electrons. The maximum absolute atomic E-state index is 2.33. The van der Waals surface area contributed by atoms with E-state index in [1.165, 1.54) is 44.2 Å². The molecule has 0 atom stereocenters. The zero-order valence-electron chi connectivity index (χ0n) is 16.8. The van der Waals surface area contributed by atoms with Gasteiger partial charge in [0.25, 0.3) is 0 Å². The molecule has 0 fully saturated rings. The molecule has 0 aliphatic rings. The number of aromatic nitrogens is 1. The molecule has 4 heteroatoms. The molecule has 0 amide bonds. The van der Waals surface area contributed by atoms with Crippen LogP contribution < -0.4 is 24.8 Å². The molecule has 146 valence electrons. The van der Waals surface area contributed by atoms with Crippen LogP contribution >= 0.6 is 0 Å². The van der Waals surface area contributed by atoms with Gasteiger partial charge in [-0.15, -0.1) is 41.1 Å². The van der Waals surface area contributed by atoms with E-state index in [1.54, 1.807) is 0 Å². The quantitative estimate of drug-likeness (QED) is 0.261. The summed E-state index contributed by atoms with van der Waals surface area (Å²) >= 11 is 0. The number of hydrogen-bond acceptors (Lipinski definition) is 0. The Morgan fingerprint density at radius 3 is 2.03 bits per heavy atom. The Balaban J connectivity index is 0.000000365. The van der Waals surface area contributed by atoms with Crippen molar-refractivity contribution in [3.8, 4) is 5.69 Å². The number of halogens is 2. The Hall–Kier alpha value is -1.77. The molecule has 0 aliphatic carbocycles. The SMILES string of the molecule is Cc1cc2ccccc2n1-c1cc2ccccc2[cH-]1.Cc1ccc[c-]1C.[Cl-].[Cl-].[Ti+4].